The van der Waals surface area contributed by atoms with E-state index in [4.69, 9.17) is 15.0 Å². The van der Waals surface area contributed by atoms with Gasteiger partial charge in [0.25, 0.3) is 5.95 Å². The van der Waals surface area contributed by atoms with E-state index in [0.29, 0.717) is 18.4 Å². The summed E-state index contributed by atoms with van der Waals surface area (Å²) in [5.74, 6) is 1.21. The summed E-state index contributed by atoms with van der Waals surface area (Å²) in [6.07, 6.45) is 4.10. The zero-order valence-corrected chi connectivity index (χ0v) is 10.3. The predicted molar refractivity (Wildman–Crippen MR) is 63.8 cm³/mol. The average molecular weight is 240 g/mol. The third kappa shape index (κ3) is 3.17. The van der Waals surface area contributed by atoms with Gasteiger partial charge in [-0.2, -0.15) is 4.98 Å². The Bertz CT molecular complexity index is 336. The summed E-state index contributed by atoms with van der Waals surface area (Å²) >= 11 is 0. The molecule has 17 heavy (non-hydrogen) atoms. The highest BCUT2D eigenvalue weighted by Gasteiger charge is 2.20. The number of ether oxygens (including phenoxy) is 1. The molecule has 1 unspecified atom stereocenters. The van der Waals surface area contributed by atoms with Crippen molar-refractivity contribution in [3.8, 4) is 0 Å². The van der Waals surface area contributed by atoms with E-state index in [1.807, 2.05) is 0 Å². The first-order valence-electron chi connectivity index (χ1n) is 6.14. The Morgan fingerprint density at radius 2 is 2.24 bits per heavy atom. The second-order valence-electron chi connectivity index (χ2n) is 4.37. The molecule has 0 saturated carbocycles. The maximum absolute atomic E-state index is 5.98. The molecule has 0 amide bonds. The highest BCUT2D eigenvalue weighted by atomic mass is 16.5. The first kappa shape index (κ1) is 12.3. The van der Waals surface area contributed by atoms with Gasteiger partial charge >= 0.3 is 0 Å². The Hall–Kier alpha value is -1.14. The zero-order valence-electron chi connectivity index (χ0n) is 10.3. The van der Waals surface area contributed by atoms with E-state index >= 15 is 0 Å². The third-order valence-electron chi connectivity index (χ3n) is 3.00. The molecule has 6 heteroatoms. The quantitative estimate of drug-likeness (QED) is 0.750. The van der Waals surface area contributed by atoms with Crippen molar-refractivity contribution in [3.63, 3.8) is 0 Å². The summed E-state index contributed by atoms with van der Waals surface area (Å²) in [6.45, 7) is 2.73. The summed E-state index contributed by atoms with van der Waals surface area (Å²) in [7, 11) is 1.68. The lowest BCUT2D eigenvalue weighted by molar-refractivity contribution is 0.188. The molecule has 0 aliphatic carbocycles. The molecule has 2 rings (SSSR count). The van der Waals surface area contributed by atoms with Gasteiger partial charge in [0, 0.05) is 26.8 Å². The molecule has 1 atom stereocenters. The lowest BCUT2D eigenvalue weighted by atomic mass is 10.2. The minimum Gasteiger partial charge on any atom is -0.385 e. The van der Waals surface area contributed by atoms with Crippen molar-refractivity contribution >= 4 is 5.95 Å². The second-order valence-corrected chi connectivity index (χ2v) is 4.37. The highest BCUT2D eigenvalue weighted by Crippen LogP contribution is 2.20. The van der Waals surface area contributed by atoms with Crippen molar-refractivity contribution in [3.05, 3.63) is 5.89 Å². The van der Waals surface area contributed by atoms with Gasteiger partial charge in [-0.3, -0.25) is 0 Å². The Kier molecular flexibility index (Phi) is 4.33. The smallest absolute Gasteiger partial charge is 0.266 e. The Balaban J connectivity index is 1.88. The molecular formula is C11H20N4O2. The topological polar surface area (TPSA) is 77.4 Å². The van der Waals surface area contributed by atoms with Crippen LogP contribution in [-0.4, -0.2) is 36.9 Å². The van der Waals surface area contributed by atoms with E-state index in [2.05, 4.69) is 15.0 Å². The molecule has 0 aromatic carbocycles. The Morgan fingerprint density at radius 3 is 2.94 bits per heavy atom. The van der Waals surface area contributed by atoms with Crippen LogP contribution in [0.5, 0.6) is 0 Å². The van der Waals surface area contributed by atoms with Crippen LogP contribution in [0.15, 0.2) is 4.52 Å². The summed E-state index contributed by atoms with van der Waals surface area (Å²) in [5.41, 5.74) is 5.98. The monoisotopic (exact) mass is 240 g/mol. The maximum Gasteiger partial charge on any atom is 0.266 e. The van der Waals surface area contributed by atoms with Gasteiger partial charge in [-0.05, 0) is 30.8 Å². The van der Waals surface area contributed by atoms with E-state index in [0.717, 1.165) is 25.9 Å². The normalized spacial score (nSPS) is 17.6. The van der Waals surface area contributed by atoms with Crippen LogP contribution in [0.25, 0.3) is 0 Å². The molecule has 0 radical (unpaired) electrons. The molecule has 1 aromatic rings. The molecule has 0 bridgehead atoms. The van der Waals surface area contributed by atoms with Gasteiger partial charge in [-0.15, -0.1) is 0 Å². The lowest BCUT2D eigenvalue weighted by Crippen LogP contribution is -2.19. The van der Waals surface area contributed by atoms with Crippen molar-refractivity contribution < 1.29 is 9.26 Å². The summed E-state index contributed by atoms with van der Waals surface area (Å²) in [5, 5.41) is 3.98. The van der Waals surface area contributed by atoms with Crippen molar-refractivity contribution in [2.75, 3.05) is 31.7 Å². The van der Waals surface area contributed by atoms with Crippen LogP contribution in [0.1, 0.15) is 37.6 Å². The highest BCUT2D eigenvalue weighted by molar-refractivity contribution is 5.29. The Morgan fingerprint density at radius 1 is 1.47 bits per heavy atom. The van der Waals surface area contributed by atoms with Crippen molar-refractivity contribution in [2.24, 2.45) is 5.73 Å². The van der Waals surface area contributed by atoms with Gasteiger partial charge in [0.1, 0.15) is 0 Å². The SMILES string of the molecule is COCCCC(N)c1nc(N2CCCC2)no1. The van der Waals surface area contributed by atoms with Crippen LogP contribution in [0.2, 0.25) is 0 Å². The fraction of sp³-hybridized carbons (Fsp3) is 0.818. The van der Waals surface area contributed by atoms with Crippen molar-refractivity contribution in [1.29, 1.82) is 0 Å². The van der Waals surface area contributed by atoms with Crippen molar-refractivity contribution in [2.45, 2.75) is 31.7 Å². The molecule has 1 aromatic heterocycles. The fourth-order valence-corrected chi connectivity index (χ4v) is 1.99. The number of rotatable bonds is 6. The maximum atomic E-state index is 5.98. The van der Waals surface area contributed by atoms with E-state index in [9.17, 15) is 0 Å². The van der Waals surface area contributed by atoms with Crippen molar-refractivity contribution in [1.82, 2.24) is 10.1 Å². The summed E-state index contributed by atoms with van der Waals surface area (Å²) in [6, 6.07) is -0.186. The fourth-order valence-electron chi connectivity index (χ4n) is 1.99. The van der Waals surface area contributed by atoms with Crippen LogP contribution in [0, 0.1) is 0 Å². The minimum atomic E-state index is -0.186. The molecule has 1 aliphatic heterocycles. The van der Waals surface area contributed by atoms with E-state index in [-0.39, 0.29) is 6.04 Å². The first-order chi connectivity index (χ1) is 8.31. The Labute approximate surface area is 101 Å². The third-order valence-corrected chi connectivity index (χ3v) is 3.00. The summed E-state index contributed by atoms with van der Waals surface area (Å²) < 4.78 is 10.2. The number of nitrogens with zero attached hydrogens (tertiary/aromatic N) is 3. The van der Waals surface area contributed by atoms with Gasteiger partial charge in [-0.1, -0.05) is 0 Å². The van der Waals surface area contributed by atoms with Crippen LogP contribution in [0.4, 0.5) is 5.95 Å². The zero-order chi connectivity index (χ0) is 12.1. The van der Waals surface area contributed by atoms with Crippen LogP contribution in [-0.2, 0) is 4.74 Å². The van der Waals surface area contributed by atoms with Gasteiger partial charge in [0.2, 0.25) is 5.89 Å². The van der Waals surface area contributed by atoms with Crippen LogP contribution in [0.3, 0.4) is 0 Å². The van der Waals surface area contributed by atoms with E-state index in [1.165, 1.54) is 12.8 Å². The molecule has 2 heterocycles. The second kappa shape index (κ2) is 5.97. The molecule has 96 valence electrons. The molecule has 6 nitrogen and oxygen atoms in total. The minimum absolute atomic E-state index is 0.186. The van der Waals surface area contributed by atoms with Gasteiger partial charge < -0.3 is 19.9 Å². The van der Waals surface area contributed by atoms with Gasteiger partial charge in [0.05, 0.1) is 6.04 Å². The summed E-state index contributed by atoms with van der Waals surface area (Å²) in [4.78, 5) is 6.49. The van der Waals surface area contributed by atoms with Crippen LogP contribution >= 0.6 is 0 Å². The van der Waals surface area contributed by atoms with Gasteiger partial charge in [-0.25, -0.2) is 0 Å². The molecule has 1 aliphatic rings. The standard InChI is InChI=1S/C11H20N4O2/c1-16-8-4-5-9(12)10-13-11(14-17-10)15-6-2-3-7-15/h9H,2-8,12H2,1H3. The number of aromatic nitrogens is 2. The molecule has 2 N–H and O–H groups in total. The first-order valence-corrected chi connectivity index (χ1v) is 6.14. The number of methoxy groups -OCH3 is 1. The predicted octanol–water partition coefficient (Wildman–Crippen LogP) is 1.10. The number of hydrogen-bond acceptors (Lipinski definition) is 6. The van der Waals surface area contributed by atoms with E-state index in [1.54, 1.807) is 7.11 Å². The van der Waals surface area contributed by atoms with Crippen LogP contribution < -0.4 is 10.6 Å². The number of anilines is 1. The lowest BCUT2D eigenvalue weighted by Gasteiger charge is -2.10. The van der Waals surface area contributed by atoms with Gasteiger partial charge in [0.15, 0.2) is 0 Å². The molecule has 1 saturated heterocycles. The van der Waals surface area contributed by atoms with E-state index < -0.39 is 0 Å². The molecular weight excluding hydrogens is 220 g/mol. The largest absolute Gasteiger partial charge is 0.385 e. The number of hydrogen-bond donors (Lipinski definition) is 1. The average Bonchev–Trinajstić information content (AvgIpc) is 3.00. The molecule has 0 spiro atoms. The molecule has 1 fully saturated rings. The number of nitrogens with two attached hydrogens (primary N) is 1.